The Morgan fingerprint density at radius 1 is 1.19 bits per heavy atom. The molecule has 1 heterocycles. The van der Waals surface area contributed by atoms with Crippen molar-refractivity contribution in [2.75, 3.05) is 11.0 Å². The lowest BCUT2D eigenvalue weighted by atomic mass is 10.1. The molecule has 0 aliphatic heterocycles. The number of halogens is 1. The lowest BCUT2D eigenvalue weighted by Crippen LogP contribution is -2.26. The van der Waals surface area contributed by atoms with Gasteiger partial charge in [-0.15, -0.1) is 0 Å². The van der Waals surface area contributed by atoms with E-state index in [4.69, 9.17) is 16.0 Å². The third-order valence-corrected chi connectivity index (χ3v) is 4.98. The summed E-state index contributed by atoms with van der Waals surface area (Å²) in [5, 5.41) is 4.24. The van der Waals surface area contributed by atoms with Crippen molar-refractivity contribution in [3.63, 3.8) is 0 Å². The summed E-state index contributed by atoms with van der Waals surface area (Å²) in [4.78, 5) is 12.7. The number of sulfonamides is 1. The minimum atomic E-state index is -3.37. The van der Waals surface area contributed by atoms with Gasteiger partial charge < -0.3 is 9.73 Å². The molecule has 0 spiro atoms. The lowest BCUT2D eigenvalue weighted by molar-refractivity contribution is 0.0913. The summed E-state index contributed by atoms with van der Waals surface area (Å²) < 4.78 is 30.9. The molecule has 0 saturated carbocycles. The first-order chi connectivity index (χ1) is 12.6. The van der Waals surface area contributed by atoms with Gasteiger partial charge in [0.2, 0.25) is 10.0 Å². The first-order valence-electron chi connectivity index (χ1n) is 8.21. The molecule has 1 atom stereocenters. The standard InChI is InChI=1S/C19H19ClN2O4S/c1-11-16-10-14(20)7-8-17(16)26-18(11)19(23)21-12(2)13-5-4-6-15(9-13)22-27(3,24)25/h4-10,12,22H,1-3H3,(H,21,23). The molecule has 0 saturated heterocycles. The Balaban J connectivity index is 1.82. The quantitative estimate of drug-likeness (QED) is 0.662. The molecular formula is C19H19ClN2O4S. The molecule has 0 aliphatic rings. The van der Waals surface area contributed by atoms with Crippen LogP contribution in [0, 0.1) is 6.92 Å². The summed E-state index contributed by atoms with van der Waals surface area (Å²) in [5.74, 6) is -0.127. The molecular weight excluding hydrogens is 388 g/mol. The van der Waals surface area contributed by atoms with Crippen molar-refractivity contribution in [2.45, 2.75) is 19.9 Å². The summed E-state index contributed by atoms with van der Waals surface area (Å²) in [6.07, 6.45) is 1.08. The molecule has 0 fully saturated rings. The highest BCUT2D eigenvalue weighted by atomic mass is 35.5. The number of nitrogens with one attached hydrogen (secondary N) is 2. The van der Waals surface area contributed by atoms with Gasteiger partial charge in [-0.1, -0.05) is 23.7 Å². The Labute approximate surface area is 162 Å². The Morgan fingerprint density at radius 3 is 2.63 bits per heavy atom. The molecule has 2 N–H and O–H groups in total. The van der Waals surface area contributed by atoms with Crippen molar-refractivity contribution in [3.05, 3.63) is 64.4 Å². The number of furan rings is 1. The summed E-state index contributed by atoms with van der Waals surface area (Å²) in [5.41, 5.74) is 2.50. The molecule has 6 nitrogen and oxygen atoms in total. The monoisotopic (exact) mass is 406 g/mol. The molecule has 0 bridgehead atoms. The summed E-state index contributed by atoms with van der Waals surface area (Å²) in [6.45, 7) is 3.62. The lowest BCUT2D eigenvalue weighted by Gasteiger charge is -2.15. The molecule has 27 heavy (non-hydrogen) atoms. The zero-order chi connectivity index (χ0) is 19.8. The van der Waals surface area contributed by atoms with E-state index >= 15 is 0 Å². The van der Waals surface area contributed by atoms with Crippen LogP contribution in [0.5, 0.6) is 0 Å². The van der Waals surface area contributed by atoms with E-state index < -0.39 is 10.0 Å². The Kier molecular flexibility index (Phi) is 5.17. The van der Waals surface area contributed by atoms with Crippen molar-refractivity contribution in [1.29, 1.82) is 0 Å². The number of hydrogen-bond acceptors (Lipinski definition) is 4. The zero-order valence-electron chi connectivity index (χ0n) is 15.0. The highest BCUT2D eigenvalue weighted by Crippen LogP contribution is 2.28. The van der Waals surface area contributed by atoms with Crippen LogP contribution in [0.3, 0.4) is 0 Å². The Hall–Kier alpha value is -2.51. The maximum Gasteiger partial charge on any atom is 0.287 e. The van der Waals surface area contributed by atoms with E-state index in [1.54, 1.807) is 43.3 Å². The van der Waals surface area contributed by atoms with Crippen LogP contribution in [0.1, 0.15) is 34.6 Å². The third-order valence-electron chi connectivity index (χ3n) is 4.14. The molecule has 3 aromatic rings. The third kappa shape index (κ3) is 4.43. The van der Waals surface area contributed by atoms with Gasteiger partial charge in [-0.2, -0.15) is 0 Å². The number of aryl methyl sites for hydroxylation is 1. The number of benzene rings is 2. The smallest absolute Gasteiger partial charge is 0.287 e. The fourth-order valence-corrected chi connectivity index (χ4v) is 3.57. The largest absolute Gasteiger partial charge is 0.451 e. The molecule has 0 aliphatic carbocycles. The van der Waals surface area contributed by atoms with Crippen molar-refractivity contribution < 1.29 is 17.6 Å². The molecule has 1 aromatic heterocycles. The molecule has 0 radical (unpaired) electrons. The molecule has 142 valence electrons. The van der Waals surface area contributed by atoms with Crippen LogP contribution in [0.25, 0.3) is 11.0 Å². The molecule has 8 heteroatoms. The first-order valence-corrected chi connectivity index (χ1v) is 10.5. The topological polar surface area (TPSA) is 88.4 Å². The average molecular weight is 407 g/mol. The average Bonchev–Trinajstić information content (AvgIpc) is 2.90. The normalized spacial score (nSPS) is 12.7. The zero-order valence-corrected chi connectivity index (χ0v) is 16.6. The van der Waals surface area contributed by atoms with Crippen molar-refractivity contribution in [1.82, 2.24) is 5.32 Å². The van der Waals surface area contributed by atoms with Gasteiger partial charge >= 0.3 is 0 Å². The van der Waals surface area contributed by atoms with Gasteiger partial charge in [-0.25, -0.2) is 8.42 Å². The van der Waals surface area contributed by atoms with Crippen LogP contribution in [-0.2, 0) is 10.0 Å². The predicted octanol–water partition coefficient (Wildman–Crippen LogP) is 4.26. The Bertz CT molecular complexity index is 1120. The highest BCUT2D eigenvalue weighted by molar-refractivity contribution is 7.92. The number of hydrogen-bond donors (Lipinski definition) is 2. The van der Waals surface area contributed by atoms with Crippen LogP contribution in [0.4, 0.5) is 5.69 Å². The van der Waals surface area contributed by atoms with E-state index in [1.165, 1.54) is 0 Å². The molecule has 3 rings (SSSR count). The summed E-state index contributed by atoms with van der Waals surface area (Å²) in [7, 11) is -3.37. The predicted molar refractivity (Wildman–Crippen MR) is 107 cm³/mol. The van der Waals surface area contributed by atoms with Gasteiger partial charge in [0.1, 0.15) is 5.58 Å². The van der Waals surface area contributed by atoms with Gasteiger partial charge in [0.25, 0.3) is 5.91 Å². The Morgan fingerprint density at radius 2 is 1.93 bits per heavy atom. The van der Waals surface area contributed by atoms with Gasteiger partial charge in [0.15, 0.2) is 5.76 Å². The summed E-state index contributed by atoms with van der Waals surface area (Å²) >= 11 is 6.01. The van der Waals surface area contributed by atoms with Gasteiger partial charge in [-0.3, -0.25) is 9.52 Å². The molecule has 2 aromatic carbocycles. The van der Waals surface area contributed by atoms with E-state index in [9.17, 15) is 13.2 Å². The fraction of sp³-hybridized carbons (Fsp3) is 0.211. The van der Waals surface area contributed by atoms with Crippen molar-refractivity contribution >= 4 is 44.2 Å². The van der Waals surface area contributed by atoms with Crippen LogP contribution < -0.4 is 10.0 Å². The van der Waals surface area contributed by atoms with Gasteiger partial charge in [0.05, 0.1) is 12.3 Å². The minimum absolute atomic E-state index is 0.226. The number of carbonyl (C=O) groups excluding carboxylic acids is 1. The van der Waals surface area contributed by atoms with E-state index in [2.05, 4.69) is 10.0 Å². The molecule has 1 amide bonds. The van der Waals surface area contributed by atoms with Crippen LogP contribution in [0.15, 0.2) is 46.9 Å². The van der Waals surface area contributed by atoms with Crippen LogP contribution in [0.2, 0.25) is 5.02 Å². The van der Waals surface area contributed by atoms with Gasteiger partial charge in [-0.05, 0) is 49.7 Å². The van der Waals surface area contributed by atoms with E-state index in [1.807, 2.05) is 13.0 Å². The second-order valence-corrected chi connectivity index (χ2v) is 8.58. The van der Waals surface area contributed by atoms with E-state index in [-0.39, 0.29) is 17.7 Å². The van der Waals surface area contributed by atoms with Crippen molar-refractivity contribution in [2.24, 2.45) is 0 Å². The van der Waals surface area contributed by atoms with Crippen LogP contribution >= 0.6 is 11.6 Å². The number of carbonyl (C=O) groups is 1. The van der Waals surface area contributed by atoms with Gasteiger partial charge in [0, 0.05) is 21.7 Å². The maximum absolute atomic E-state index is 12.7. The second-order valence-electron chi connectivity index (χ2n) is 6.39. The molecule has 1 unspecified atom stereocenters. The van der Waals surface area contributed by atoms with E-state index in [0.29, 0.717) is 21.9 Å². The van der Waals surface area contributed by atoms with Crippen molar-refractivity contribution in [3.8, 4) is 0 Å². The second kappa shape index (κ2) is 7.25. The fourth-order valence-electron chi connectivity index (χ4n) is 2.84. The number of fused-ring (bicyclic) bond motifs is 1. The first kappa shape index (κ1) is 19.3. The van der Waals surface area contributed by atoms with E-state index in [0.717, 1.165) is 17.2 Å². The summed E-state index contributed by atoms with van der Waals surface area (Å²) in [6, 6.07) is 11.7. The maximum atomic E-state index is 12.7. The number of amides is 1. The van der Waals surface area contributed by atoms with Crippen LogP contribution in [-0.4, -0.2) is 20.6 Å². The number of anilines is 1. The SMILES string of the molecule is Cc1c(C(=O)NC(C)c2cccc(NS(C)(=O)=O)c2)oc2ccc(Cl)cc12. The minimum Gasteiger partial charge on any atom is -0.451 e. The number of rotatable bonds is 5. The highest BCUT2D eigenvalue weighted by Gasteiger charge is 2.20.